The highest BCUT2D eigenvalue weighted by atomic mass is 16.5. The third-order valence-corrected chi connectivity index (χ3v) is 5.48. The lowest BCUT2D eigenvalue weighted by molar-refractivity contribution is -0.125. The number of hydrogen-bond donors (Lipinski definition) is 1. The van der Waals surface area contributed by atoms with Gasteiger partial charge in [0, 0.05) is 18.7 Å². The number of rotatable bonds is 6. The molecule has 3 aromatic rings. The number of aromatic nitrogens is 2. The van der Waals surface area contributed by atoms with E-state index in [1.54, 1.807) is 7.11 Å². The summed E-state index contributed by atoms with van der Waals surface area (Å²) in [4.78, 5) is 19.4. The van der Waals surface area contributed by atoms with Crippen molar-refractivity contribution in [3.63, 3.8) is 0 Å². The van der Waals surface area contributed by atoms with Crippen LogP contribution in [0, 0.1) is 5.92 Å². The molecule has 1 saturated heterocycles. The molecule has 1 aliphatic rings. The van der Waals surface area contributed by atoms with Gasteiger partial charge in [-0.15, -0.1) is 0 Å². The van der Waals surface area contributed by atoms with Crippen molar-refractivity contribution in [3.05, 3.63) is 60.2 Å². The predicted molar refractivity (Wildman–Crippen MR) is 114 cm³/mol. The number of ether oxygens (including phenoxy) is 1. The average Bonchev–Trinajstić information content (AvgIpc) is 3.30. The summed E-state index contributed by atoms with van der Waals surface area (Å²) < 4.78 is 10.7. The van der Waals surface area contributed by atoms with Gasteiger partial charge >= 0.3 is 6.01 Å². The van der Waals surface area contributed by atoms with Gasteiger partial charge in [-0.3, -0.25) is 4.79 Å². The van der Waals surface area contributed by atoms with E-state index in [9.17, 15) is 4.79 Å². The van der Waals surface area contributed by atoms with E-state index in [-0.39, 0.29) is 17.9 Å². The maximum atomic E-state index is 12.8. The Morgan fingerprint density at radius 1 is 1.20 bits per heavy atom. The van der Waals surface area contributed by atoms with E-state index in [2.05, 4.69) is 15.5 Å². The van der Waals surface area contributed by atoms with Gasteiger partial charge in [0.25, 0.3) is 0 Å². The molecule has 7 nitrogen and oxygen atoms in total. The fourth-order valence-electron chi connectivity index (χ4n) is 3.72. The maximum absolute atomic E-state index is 12.8. The van der Waals surface area contributed by atoms with Crippen LogP contribution in [0.15, 0.2) is 59.1 Å². The summed E-state index contributed by atoms with van der Waals surface area (Å²) >= 11 is 0. The topological polar surface area (TPSA) is 80.5 Å². The Morgan fingerprint density at radius 2 is 1.97 bits per heavy atom. The fraction of sp³-hybridized carbons (Fsp3) is 0.348. The second kappa shape index (κ2) is 8.98. The van der Waals surface area contributed by atoms with Crippen LogP contribution < -0.4 is 15.0 Å². The van der Waals surface area contributed by atoms with Gasteiger partial charge in [0.05, 0.1) is 19.1 Å². The quantitative estimate of drug-likeness (QED) is 0.670. The summed E-state index contributed by atoms with van der Waals surface area (Å²) in [5.41, 5.74) is 1.95. The summed E-state index contributed by atoms with van der Waals surface area (Å²) in [6, 6.07) is 17.9. The van der Waals surface area contributed by atoms with Crippen LogP contribution >= 0.6 is 0 Å². The third kappa shape index (κ3) is 4.45. The molecule has 2 aromatic carbocycles. The number of methoxy groups -OCH3 is 1. The number of carbonyl (C=O) groups excluding carboxylic acids is 1. The lowest BCUT2D eigenvalue weighted by Crippen LogP contribution is -2.43. The van der Waals surface area contributed by atoms with Crippen molar-refractivity contribution in [1.82, 2.24) is 15.5 Å². The van der Waals surface area contributed by atoms with E-state index >= 15 is 0 Å². The highest BCUT2D eigenvalue weighted by molar-refractivity contribution is 5.80. The third-order valence-electron chi connectivity index (χ3n) is 5.48. The van der Waals surface area contributed by atoms with Crippen molar-refractivity contribution in [2.24, 2.45) is 5.92 Å². The lowest BCUT2D eigenvalue weighted by atomic mass is 9.96. The van der Waals surface area contributed by atoms with Crippen LogP contribution in [0.5, 0.6) is 5.75 Å². The molecule has 7 heteroatoms. The predicted octanol–water partition coefficient (Wildman–Crippen LogP) is 3.84. The summed E-state index contributed by atoms with van der Waals surface area (Å²) in [7, 11) is 1.63. The van der Waals surface area contributed by atoms with E-state index in [0.29, 0.717) is 18.4 Å². The molecule has 0 unspecified atom stereocenters. The molecular weight excluding hydrogens is 380 g/mol. The molecule has 0 saturated carbocycles. The number of nitrogens with one attached hydrogen (secondary N) is 1. The first-order chi connectivity index (χ1) is 14.6. The zero-order chi connectivity index (χ0) is 20.9. The van der Waals surface area contributed by atoms with Gasteiger partial charge in [0.15, 0.2) is 0 Å². The zero-order valence-corrected chi connectivity index (χ0v) is 17.2. The molecule has 1 aromatic heterocycles. The number of piperidine rings is 1. The van der Waals surface area contributed by atoms with E-state index < -0.39 is 0 Å². The largest absolute Gasteiger partial charge is 0.497 e. The monoisotopic (exact) mass is 406 g/mol. The van der Waals surface area contributed by atoms with Gasteiger partial charge in [-0.25, -0.2) is 0 Å². The fourth-order valence-corrected chi connectivity index (χ4v) is 3.72. The minimum atomic E-state index is -0.110. The number of nitrogens with zero attached hydrogens (tertiary/aromatic N) is 3. The van der Waals surface area contributed by atoms with Gasteiger partial charge < -0.3 is 19.5 Å². The lowest BCUT2D eigenvalue weighted by Gasteiger charge is -2.31. The SMILES string of the molecule is COc1ccc(-c2noc(N3CCC[C@H](C(=O)N[C@@H](C)c4ccccc4)C3)n2)cc1. The first-order valence-electron chi connectivity index (χ1n) is 10.2. The molecule has 1 aliphatic heterocycles. The van der Waals surface area contributed by atoms with E-state index in [4.69, 9.17) is 9.26 Å². The normalized spacial score (nSPS) is 17.4. The van der Waals surface area contributed by atoms with Gasteiger partial charge in [-0.05, 0) is 49.6 Å². The molecule has 1 fully saturated rings. The Labute approximate surface area is 176 Å². The smallest absolute Gasteiger partial charge is 0.324 e. The molecule has 1 amide bonds. The van der Waals surface area contributed by atoms with Gasteiger partial charge in [0.2, 0.25) is 11.7 Å². The van der Waals surface area contributed by atoms with Crippen LogP contribution in [0.2, 0.25) is 0 Å². The number of benzene rings is 2. The number of amides is 1. The van der Waals surface area contributed by atoms with Crippen molar-refractivity contribution in [1.29, 1.82) is 0 Å². The molecule has 0 aliphatic carbocycles. The second-order valence-electron chi connectivity index (χ2n) is 7.56. The number of carbonyl (C=O) groups is 1. The standard InChI is InChI=1S/C23H26N4O3/c1-16(17-7-4-3-5-8-17)24-22(28)19-9-6-14-27(15-19)23-25-21(26-30-23)18-10-12-20(29-2)13-11-18/h3-5,7-8,10-13,16,19H,6,9,14-15H2,1-2H3,(H,24,28)/t16-,19-/m0/s1. The molecule has 2 heterocycles. The summed E-state index contributed by atoms with van der Waals surface area (Å²) in [6.45, 7) is 3.37. The Bertz CT molecular complexity index is 972. The summed E-state index contributed by atoms with van der Waals surface area (Å²) in [5.74, 6) is 1.25. The van der Waals surface area contributed by atoms with E-state index in [1.165, 1.54) is 0 Å². The Kier molecular flexibility index (Phi) is 5.97. The highest BCUT2D eigenvalue weighted by Crippen LogP contribution is 2.26. The van der Waals surface area contributed by atoms with Crippen molar-refractivity contribution in [2.75, 3.05) is 25.1 Å². The molecule has 2 atom stereocenters. The number of hydrogen-bond acceptors (Lipinski definition) is 6. The average molecular weight is 406 g/mol. The molecule has 30 heavy (non-hydrogen) atoms. The van der Waals surface area contributed by atoms with Crippen molar-refractivity contribution in [3.8, 4) is 17.1 Å². The van der Waals surface area contributed by atoms with Crippen molar-refractivity contribution in [2.45, 2.75) is 25.8 Å². The summed E-state index contributed by atoms with van der Waals surface area (Å²) in [5, 5.41) is 7.24. The van der Waals surface area contributed by atoms with Gasteiger partial charge in [0.1, 0.15) is 5.75 Å². The van der Waals surface area contributed by atoms with Crippen molar-refractivity contribution >= 4 is 11.9 Å². The van der Waals surface area contributed by atoms with Crippen LogP contribution in [-0.2, 0) is 4.79 Å². The van der Waals surface area contributed by atoms with Crippen LogP contribution in [0.4, 0.5) is 6.01 Å². The maximum Gasteiger partial charge on any atom is 0.324 e. The first-order valence-corrected chi connectivity index (χ1v) is 10.2. The van der Waals surface area contributed by atoms with Gasteiger partial charge in [-0.1, -0.05) is 35.5 Å². The zero-order valence-electron chi connectivity index (χ0n) is 17.2. The molecule has 4 rings (SSSR count). The Morgan fingerprint density at radius 3 is 2.70 bits per heavy atom. The van der Waals surface area contributed by atoms with E-state index in [0.717, 1.165) is 36.3 Å². The molecule has 156 valence electrons. The Hall–Kier alpha value is -3.35. The van der Waals surface area contributed by atoms with Crippen LogP contribution in [-0.4, -0.2) is 36.2 Å². The summed E-state index contributed by atoms with van der Waals surface area (Å²) in [6.07, 6.45) is 1.75. The minimum Gasteiger partial charge on any atom is -0.497 e. The van der Waals surface area contributed by atoms with Crippen LogP contribution in [0.25, 0.3) is 11.4 Å². The van der Waals surface area contributed by atoms with Crippen LogP contribution in [0.3, 0.4) is 0 Å². The highest BCUT2D eigenvalue weighted by Gasteiger charge is 2.29. The minimum absolute atomic E-state index is 0.0286. The molecular formula is C23H26N4O3. The van der Waals surface area contributed by atoms with E-state index in [1.807, 2.05) is 66.4 Å². The second-order valence-corrected chi connectivity index (χ2v) is 7.56. The first kappa shape index (κ1) is 19.9. The Balaban J connectivity index is 1.40. The molecule has 0 radical (unpaired) electrons. The molecule has 1 N–H and O–H groups in total. The van der Waals surface area contributed by atoms with Gasteiger partial charge in [-0.2, -0.15) is 4.98 Å². The number of anilines is 1. The van der Waals surface area contributed by atoms with Crippen LogP contribution in [0.1, 0.15) is 31.4 Å². The molecule has 0 spiro atoms. The van der Waals surface area contributed by atoms with Crippen molar-refractivity contribution < 1.29 is 14.1 Å². The molecule has 0 bridgehead atoms.